The van der Waals surface area contributed by atoms with Crippen LogP contribution >= 0.6 is 0 Å². The van der Waals surface area contributed by atoms with Gasteiger partial charge in [0, 0.05) is 25.4 Å². The molecule has 9 heteroatoms. The van der Waals surface area contributed by atoms with E-state index in [2.05, 4.69) is 10.4 Å². The fourth-order valence-corrected chi connectivity index (χ4v) is 3.20. The Kier molecular flexibility index (Phi) is 6.65. The summed E-state index contributed by atoms with van der Waals surface area (Å²) in [5.74, 6) is -0.291. The largest absolute Gasteiger partial charge is 0.382 e. The smallest absolute Gasteiger partial charge is 0.313 e. The number of aromatic nitrogens is 1. The number of hydrogen-bond acceptors (Lipinski definition) is 7. The first-order chi connectivity index (χ1) is 11.9. The number of hydrogen-bond donors (Lipinski definition) is 3. The summed E-state index contributed by atoms with van der Waals surface area (Å²) in [5.41, 5.74) is 8.15. The predicted octanol–water partition coefficient (Wildman–Crippen LogP) is 1.12. The summed E-state index contributed by atoms with van der Waals surface area (Å²) in [7, 11) is 1.42. The Morgan fingerprint density at radius 3 is 2.84 bits per heavy atom. The minimum atomic E-state index is -1.38. The molecule has 0 bridgehead atoms. The third kappa shape index (κ3) is 5.10. The molecular formula is C16H25N5O4. The van der Waals surface area contributed by atoms with Gasteiger partial charge in [-0.3, -0.25) is 25.3 Å². The first-order valence-corrected chi connectivity index (χ1v) is 8.47. The Labute approximate surface area is 146 Å². The highest BCUT2D eigenvalue weighted by Crippen LogP contribution is 2.27. The molecule has 1 amide bonds. The van der Waals surface area contributed by atoms with Crippen molar-refractivity contribution < 1.29 is 14.8 Å². The summed E-state index contributed by atoms with van der Waals surface area (Å²) in [6.07, 6.45) is 6.27. The van der Waals surface area contributed by atoms with Crippen molar-refractivity contribution in [1.82, 2.24) is 10.4 Å². The first kappa shape index (κ1) is 19.1. The molecule has 0 radical (unpaired) electrons. The summed E-state index contributed by atoms with van der Waals surface area (Å²) in [6.45, 7) is 0. The van der Waals surface area contributed by atoms with E-state index in [-0.39, 0.29) is 11.5 Å². The highest BCUT2D eigenvalue weighted by atomic mass is 16.6. The lowest BCUT2D eigenvalue weighted by molar-refractivity contribution is -0.384. The molecule has 0 spiro atoms. The molecule has 1 aromatic heterocycles. The van der Waals surface area contributed by atoms with E-state index in [1.807, 2.05) is 0 Å². The van der Waals surface area contributed by atoms with E-state index >= 15 is 0 Å². The van der Waals surface area contributed by atoms with E-state index in [9.17, 15) is 20.0 Å². The van der Waals surface area contributed by atoms with Gasteiger partial charge in [0.25, 0.3) is 5.91 Å². The maximum absolute atomic E-state index is 12.2. The Bertz CT molecular complexity index is 606. The zero-order chi connectivity index (χ0) is 18.4. The summed E-state index contributed by atoms with van der Waals surface area (Å²) in [4.78, 5) is 26.6. The van der Waals surface area contributed by atoms with E-state index < -0.39 is 23.0 Å². The molecule has 1 aliphatic rings. The monoisotopic (exact) mass is 351 g/mol. The molecule has 1 saturated carbocycles. The van der Waals surface area contributed by atoms with E-state index in [1.54, 1.807) is 0 Å². The normalized spacial score (nSPS) is 17.6. The fourth-order valence-electron chi connectivity index (χ4n) is 3.20. The number of aliphatic hydroxyl groups is 1. The molecule has 0 aliphatic heterocycles. The number of carbonyl (C=O) groups excluding carboxylic acids is 1. The summed E-state index contributed by atoms with van der Waals surface area (Å²) >= 11 is 0. The molecule has 25 heavy (non-hydrogen) atoms. The van der Waals surface area contributed by atoms with E-state index in [4.69, 9.17) is 5.73 Å². The van der Waals surface area contributed by atoms with Gasteiger partial charge in [0.2, 0.25) is 5.82 Å². The maximum atomic E-state index is 12.2. The molecule has 2 atom stereocenters. The van der Waals surface area contributed by atoms with Crippen LogP contribution in [0.5, 0.6) is 0 Å². The zero-order valence-corrected chi connectivity index (χ0v) is 14.3. The molecule has 4 N–H and O–H groups in total. The highest BCUT2D eigenvalue weighted by molar-refractivity contribution is 5.83. The van der Waals surface area contributed by atoms with Crippen LogP contribution in [-0.4, -0.2) is 40.1 Å². The van der Waals surface area contributed by atoms with Crippen LogP contribution in [0.25, 0.3) is 0 Å². The van der Waals surface area contributed by atoms with Crippen LogP contribution < -0.4 is 16.2 Å². The molecule has 2 rings (SSSR count). The number of carbonyl (C=O) groups is 1. The second kappa shape index (κ2) is 8.72. The van der Waals surface area contributed by atoms with Gasteiger partial charge in [-0.05, 0) is 18.4 Å². The third-order valence-electron chi connectivity index (χ3n) is 4.56. The SMILES string of the molecule is CN(NC(=O)C(O)[C@H](N)CC1CCCCC1)c1ncccc1[N+](=O)[O-]. The maximum Gasteiger partial charge on any atom is 0.313 e. The van der Waals surface area contributed by atoms with Gasteiger partial charge in [-0.1, -0.05) is 32.1 Å². The Morgan fingerprint density at radius 1 is 1.52 bits per heavy atom. The van der Waals surface area contributed by atoms with Crippen LogP contribution in [0.3, 0.4) is 0 Å². The van der Waals surface area contributed by atoms with Crippen LogP contribution in [0, 0.1) is 16.0 Å². The average molecular weight is 351 g/mol. The number of rotatable bonds is 7. The standard InChI is InChI=1S/C16H25N5O4/c1-20(15-13(21(24)25)8-5-9-18-15)19-16(23)14(22)12(17)10-11-6-3-2-4-7-11/h5,8-9,11-12,14,22H,2-4,6-7,10,17H2,1H3,(H,19,23)/t12-,14?/m1/s1. The number of amides is 1. The van der Waals surface area contributed by atoms with Crippen LogP contribution in [-0.2, 0) is 4.79 Å². The van der Waals surface area contributed by atoms with E-state index in [0.717, 1.165) is 30.7 Å². The van der Waals surface area contributed by atoms with Crippen molar-refractivity contribution in [3.05, 3.63) is 28.4 Å². The lowest BCUT2D eigenvalue weighted by atomic mass is 9.84. The molecular weight excluding hydrogens is 326 g/mol. The molecule has 1 aromatic rings. The number of pyridine rings is 1. The predicted molar refractivity (Wildman–Crippen MR) is 92.6 cm³/mol. The number of nitrogens with one attached hydrogen (secondary N) is 1. The molecule has 0 aromatic carbocycles. The number of anilines is 1. The Morgan fingerprint density at radius 2 is 2.20 bits per heavy atom. The molecule has 1 aliphatic carbocycles. The quantitative estimate of drug-likeness (QED) is 0.495. The molecule has 1 heterocycles. The number of nitrogens with two attached hydrogens (primary N) is 1. The summed E-state index contributed by atoms with van der Waals surface area (Å²) in [6, 6.07) is 2.05. The van der Waals surface area contributed by atoms with Crippen molar-refractivity contribution in [2.24, 2.45) is 11.7 Å². The van der Waals surface area contributed by atoms with E-state index in [0.29, 0.717) is 12.3 Å². The minimum Gasteiger partial charge on any atom is -0.382 e. The van der Waals surface area contributed by atoms with Crippen molar-refractivity contribution >= 4 is 17.4 Å². The van der Waals surface area contributed by atoms with Gasteiger partial charge in [-0.25, -0.2) is 4.98 Å². The van der Waals surface area contributed by atoms with Crippen molar-refractivity contribution in [1.29, 1.82) is 0 Å². The summed E-state index contributed by atoms with van der Waals surface area (Å²) in [5, 5.41) is 22.3. The second-order valence-corrected chi connectivity index (χ2v) is 6.49. The molecule has 0 saturated heterocycles. The highest BCUT2D eigenvalue weighted by Gasteiger charge is 2.28. The summed E-state index contributed by atoms with van der Waals surface area (Å²) < 4.78 is 0. The Hall–Kier alpha value is -2.26. The average Bonchev–Trinajstić information content (AvgIpc) is 2.61. The topological polar surface area (TPSA) is 135 Å². The van der Waals surface area contributed by atoms with Crippen LogP contribution in [0.4, 0.5) is 11.5 Å². The molecule has 9 nitrogen and oxygen atoms in total. The zero-order valence-electron chi connectivity index (χ0n) is 14.3. The molecule has 138 valence electrons. The van der Waals surface area contributed by atoms with Crippen LogP contribution in [0.1, 0.15) is 38.5 Å². The minimum absolute atomic E-state index is 0.0195. The number of nitrogens with zero attached hydrogens (tertiary/aromatic N) is 3. The van der Waals surface area contributed by atoms with Gasteiger partial charge in [0.15, 0.2) is 0 Å². The van der Waals surface area contributed by atoms with Crippen LogP contribution in [0.15, 0.2) is 18.3 Å². The lowest BCUT2D eigenvalue weighted by Gasteiger charge is -2.27. The van der Waals surface area contributed by atoms with E-state index in [1.165, 1.54) is 31.8 Å². The first-order valence-electron chi connectivity index (χ1n) is 8.47. The van der Waals surface area contributed by atoms with Crippen molar-refractivity contribution in [2.75, 3.05) is 12.1 Å². The number of nitro groups is 1. The molecule has 1 fully saturated rings. The van der Waals surface area contributed by atoms with Crippen molar-refractivity contribution in [3.63, 3.8) is 0 Å². The molecule has 1 unspecified atom stereocenters. The van der Waals surface area contributed by atoms with Gasteiger partial charge < -0.3 is 10.8 Å². The Balaban J connectivity index is 1.94. The van der Waals surface area contributed by atoms with Gasteiger partial charge in [0.05, 0.1) is 4.92 Å². The van der Waals surface area contributed by atoms with Gasteiger partial charge in [0.1, 0.15) is 6.10 Å². The van der Waals surface area contributed by atoms with Gasteiger partial charge >= 0.3 is 5.69 Å². The van der Waals surface area contributed by atoms with Crippen LogP contribution in [0.2, 0.25) is 0 Å². The van der Waals surface area contributed by atoms with Gasteiger partial charge in [-0.2, -0.15) is 0 Å². The third-order valence-corrected chi connectivity index (χ3v) is 4.56. The van der Waals surface area contributed by atoms with Gasteiger partial charge in [-0.15, -0.1) is 0 Å². The second-order valence-electron chi connectivity index (χ2n) is 6.49. The van der Waals surface area contributed by atoms with Crippen molar-refractivity contribution in [3.8, 4) is 0 Å². The van der Waals surface area contributed by atoms with Crippen molar-refractivity contribution in [2.45, 2.75) is 50.7 Å². The number of hydrazine groups is 1. The fraction of sp³-hybridized carbons (Fsp3) is 0.625. The number of aliphatic hydroxyl groups excluding tert-OH is 1. The lowest BCUT2D eigenvalue weighted by Crippen LogP contribution is -2.52.